The van der Waals surface area contributed by atoms with Crippen LogP contribution in [0.3, 0.4) is 0 Å². The summed E-state index contributed by atoms with van der Waals surface area (Å²) >= 11 is 1.45. The summed E-state index contributed by atoms with van der Waals surface area (Å²) in [4.78, 5) is 11.9. The van der Waals surface area contributed by atoms with Crippen LogP contribution in [-0.2, 0) is 4.79 Å². The molecule has 1 rings (SSSR count). The zero-order valence-corrected chi connectivity index (χ0v) is 11.3. The fourth-order valence-corrected chi connectivity index (χ4v) is 2.08. The largest absolute Gasteiger partial charge is 0.396 e. The molecule has 1 atom stereocenters. The predicted octanol–water partition coefficient (Wildman–Crippen LogP) is 2.36. The number of aliphatic hydroxyl groups excluding tert-OH is 1. The number of rotatable bonds is 5. The minimum absolute atomic E-state index is 0.0165. The molecule has 0 spiro atoms. The maximum absolute atomic E-state index is 11.9. The van der Waals surface area contributed by atoms with Crippen LogP contribution in [0.1, 0.15) is 18.1 Å². The number of hydrogen-bond donors (Lipinski definition) is 2. The van der Waals surface area contributed by atoms with Gasteiger partial charge in [-0.3, -0.25) is 4.79 Å². The first-order valence-corrected chi connectivity index (χ1v) is 6.70. The molecule has 0 aliphatic heterocycles. The van der Waals surface area contributed by atoms with Crippen LogP contribution in [0.2, 0.25) is 0 Å². The Morgan fingerprint density at radius 3 is 2.82 bits per heavy atom. The Hall–Kier alpha value is -1.00. The van der Waals surface area contributed by atoms with Gasteiger partial charge in [0, 0.05) is 11.4 Å². The van der Waals surface area contributed by atoms with Gasteiger partial charge in [0.25, 0.3) is 0 Å². The number of nitrogens with one attached hydrogen (secondary N) is 1. The summed E-state index contributed by atoms with van der Waals surface area (Å²) in [5.74, 6) is 0.568. The first-order valence-electron chi connectivity index (χ1n) is 5.65. The Morgan fingerprint density at radius 2 is 2.18 bits per heavy atom. The number of amides is 1. The molecule has 3 nitrogen and oxygen atoms in total. The fraction of sp³-hybridized carbons (Fsp3) is 0.462. The van der Waals surface area contributed by atoms with Gasteiger partial charge < -0.3 is 10.4 Å². The Kier molecular flexibility index (Phi) is 5.51. The number of benzene rings is 1. The van der Waals surface area contributed by atoms with Gasteiger partial charge in [0.15, 0.2) is 0 Å². The SMILES string of the molecule is Cc1ccc(C)c(NC(=O)[C@@H](C)SCCO)c1. The van der Waals surface area contributed by atoms with Crippen molar-refractivity contribution in [3.05, 3.63) is 29.3 Å². The number of carbonyl (C=O) groups is 1. The predicted molar refractivity (Wildman–Crippen MR) is 73.6 cm³/mol. The lowest BCUT2D eigenvalue weighted by Gasteiger charge is -2.13. The monoisotopic (exact) mass is 253 g/mol. The summed E-state index contributed by atoms with van der Waals surface area (Å²) in [7, 11) is 0. The number of anilines is 1. The lowest BCUT2D eigenvalue weighted by atomic mass is 10.1. The maximum atomic E-state index is 11.9. The number of carbonyl (C=O) groups excluding carboxylic acids is 1. The van der Waals surface area contributed by atoms with Crippen molar-refractivity contribution in [2.24, 2.45) is 0 Å². The maximum Gasteiger partial charge on any atom is 0.237 e. The second kappa shape index (κ2) is 6.67. The molecule has 0 aliphatic carbocycles. The highest BCUT2D eigenvalue weighted by Gasteiger charge is 2.13. The molecule has 94 valence electrons. The molecule has 0 saturated heterocycles. The number of aliphatic hydroxyl groups is 1. The van der Waals surface area contributed by atoms with E-state index in [9.17, 15) is 4.79 Å². The van der Waals surface area contributed by atoms with Crippen LogP contribution in [-0.4, -0.2) is 28.6 Å². The topological polar surface area (TPSA) is 49.3 Å². The first-order chi connectivity index (χ1) is 8.04. The molecule has 0 aliphatic rings. The molecule has 17 heavy (non-hydrogen) atoms. The van der Waals surface area contributed by atoms with Crippen molar-refractivity contribution in [3.8, 4) is 0 Å². The van der Waals surface area contributed by atoms with Gasteiger partial charge in [-0.1, -0.05) is 12.1 Å². The van der Waals surface area contributed by atoms with Gasteiger partial charge >= 0.3 is 0 Å². The van der Waals surface area contributed by atoms with Crippen molar-refractivity contribution >= 4 is 23.4 Å². The van der Waals surface area contributed by atoms with Crippen LogP contribution in [0, 0.1) is 13.8 Å². The molecule has 0 heterocycles. The van der Waals surface area contributed by atoms with Gasteiger partial charge in [-0.2, -0.15) is 0 Å². The van der Waals surface area contributed by atoms with Gasteiger partial charge in [0.2, 0.25) is 5.91 Å². The van der Waals surface area contributed by atoms with Crippen molar-refractivity contribution < 1.29 is 9.90 Å². The Balaban J connectivity index is 2.64. The van der Waals surface area contributed by atoms with Crippen molar-refractivity contribution in [2.75, 3.05) is 17.7 Å². The lowest BCUT2D eigenvalue weighted by molar-refractivity contribution is -0.115. The fourth-order valence-electron chi connectivity index (χ4n) is 1.41. The second-order valence-electron chi connectivity index (χ2n) is 4.04. The van der Waals surface area contributed by atoms with E-state index in [1.807, 2.05) is 39.0 Å². The molecule has 0 saturated carbocycles. The Bertz CT molecular complexity index is 393. The van der Waals surface area contributed by atoms with Gasteiger partial charge in [0.05, 0.1) is 11.9 Å². The summed E-state index contributed by atoms with van der Waals surface area (Å²) < 4.78 is 0. The summed E-state index contributed by atoms with van der Waals surface area (Å²) in [6, 6.07) is 5.99. The van der Waals surface area contributed by atoms with E-state index >= 15 is 0 Å². The van der Waals surface area contributed by atoms with E-state index in [1.54, 1.807) is 0 Å². The molecule has 0 bridgehead atoms. The van der Waals surface area contributed by atoms with E-state index in [1.165, 1.54) is 11.8 Å². The van der Waals surface area contributed by atoms with Crippen LogP contribution in [0.15, 0.2) is 18.2 Å². The first kappa shape index (κ1) is 14.1. The van der Waals surface area contributed by atoms with Crippen LogP contribution in [0.4, 0.5) is 5.69 Å². The molecular formula is C13H19NO2S. The molecule has 0 radical (unpaired) electrons. The molecule has 1 aromatic carbocycles. The molecule has 0 aromatic heterocycles. The third kappa shape index (κ3) is 4.40. The molecule has 0 fully saturated rings. The third-order valence-corrected chi connectivity index (χ3v) is 3.61. The molecular weight excluding hydrogens is 234 g/mol. The lowest BCUT2D eigenvalue weighted by Crippen LogP contribution is -2.23. The van der Waals surface area contributed by atoms with Crippen molar-refractivity contribution in [1.82, 2.24) is 0 Å². The third-order valence-electron chi connectivity index (χ3n) is 2.48. The van der Waals surface area contributed by atoms with E-state index in [2.05, 4.69) is 5.32 Å². The van der Waals surface area contributed by atoms with Gasteiger partial charge in [-0.15, -0.1) is 11.8 Å². The van der Waals surface area contributed by atoms with Gasteiger partial charge in [-0.05, 0) is 38.0 Å². The quantitative estimate of drug-likeness (QED) is 0.847. The summed E-state index contributed by atoms with van der Waals surface area (Å²) in [5.41, 5.74) is 3.05. The average molecular weight is 253 g/mol. The summed E-state index contributed by atoms with van der Waals surface area (Å²) in [5, 5.41) is 11.5. The van der Waals surface area contributed by atoms with E-state index in [-0.39, 0.29) is 17.8 Å². The Labute approximate surface area is 107 Å². The minimum atomic E-state index is -0.151. The zero-order valence-electron chi connectivity index (χ0n) is 10.5. The minimum Gasteiger partial charge on any atom is -0.396 e. The number of hydrogen-bond acceptors (Lipinski definition) is 3. The summed E-state index contributed by atoms with van der Waals surface area (Å²) in [6.45, 7) is 5.92. The van der Waals surface area contributed by atoms with Crippen LogP contribution >= 0.6 is 11.8 Å². The number of thioether (sulfide) groups is 1. The highest BCUT2D eigenvalue weighted by molar-refractivity contribution is 8.00. The smallest absolute Gasteiger partial charge is 0.237 e. The van der Waals surface area contributed by atoms with Gasteiger partial charge in [-0.25, -0.2) is 0 Å². The van der Waals surface area contributed by atoms with Crippen molar-refractivity contribution in [1.29, 1.82) is 0 Å². The number of aryl methyl sites for hydroxylation is 2. The molecule has 1 amide bonds. The van der Waals surface area contributed by atoms with Crippen molar-refractivity contribution in [3.63, 3.8) is 0 Å². The van der Waals surface area contributed by atoms with Gasteiger partial charge in [0.1, 0.15) is 0 Å². The van der Waals surface area contributed by atoms with E-state index < -0.39 is 0 Å². The van der Waals surface area contributed by atoms with E-state index in [4.69, 9.17) is 5.11 Å². The van der Waals surface area contributed by atoms with Crippen LogP contribution in [0.25, 0.3) is 0 Å². The average Bonchev–Trinajstić information content (AvgIpc) is 2.30. The standard InChI is InChI=1S/C13H19NO2S/c1-9-4-5-10(2)12(8-9)14-13(16)11(3)17-7-6-15/h4-5,8,11,15H,6-7H2,1-3H3,(H,14,16)/t11-/m1/s1. The normalized spacial score (nSPS) is 12.2. The van der Waals surface area contributed by atoms with E-state index in [0.29, 0.717) is 5.75 Å². The van der Waals surface area contributed by atoms with Crippen LogP contribution < -0.4 is 5.32 Å². The highest BCUT2D eigenvalue weighted by atomic mass is 32.2. The van der Waals surface area contributed by atoms with E-state index in [0.717, 1.165) is 16.8 Å². The second-order valence-corrected chi connectivity index (χ2v) is 5.49. The van der Waals surface area contributed by atoms with Crippen LogP contribution in [0.5, 0.6) is 0 Å². The summed E-state index contributed by atoms with van der Waals surface area (Å²) in [6.07, 6.45) is 0. The van der Waals surface area contributed by atoms with Crippen molar-refractivity contribution in [2.45, 2.75) is 26.0 Å². The molecule has 4 heteroatoms. The Morgan fingerprint density at radius 1 is 1.47 bits per heavy atom. The molecule has 1 aromatic rings. The molecule has 0 unspecified atom stereocenters. The molecule has 2 N–H and O–H groups in total. The zero-order chi connectivity index (χ0) is 12.8. The highest BCUT2D eigenvalue weighted by Crippen LogP contribution is 2.18.